The van der Waals surface area contributed by atoms with E-state index in [0.717, 1.165) is 17.0 Å². The van der Waals surface area contributed by atoms with E-state index in [1.165, 1.54) is 11.3 Å². The Morgan fingerprint density at radius 3 is 2.80 bits per heavy atom. The van der Waals surface area contributed by atoms with Crippen LogP contribution in [0.15, 0.2) is 23.2 Å². The van der Waals surface area contributed by atoms with Crippen molar-refractivity contribution < 1.29 is 12.8 Å². The Bertz CT molecular complexity index is 746. The fraction of sp³-hybridized carbons (Fsp3) is 0.182. The molecule has 0 saturated carbocycles. The van der Waals surface area contributed by atoms with E-state index in [4.69, 9.17) is 17.3 Å². The van der Waals surface area contributed by atoms with Crippen LogP contribution in [0.1, 0.15) is 9.88 Å². The van der Waals surface area contributed by atoms with Gasteiger partial charge in [-0.05, 0) is 19.1 Å². The highest BCUT2D eigenvalue weighted by Crippen LogP contribution is 2.25. The minimum atomic E-state index is -4.05. The number of hydrogen-bond donors (Lipinski definition) is 2. The van der Waals surface area contributed by atoms with Crippen molar-refractivity contribution in [2.24, 2.45) is 0 Å². The van der Waals surface area contributed by atoms with Crippen LogP contribution < -0.4 is 10.5 Å². The van der Waals surface area contributed by atoms with Crippen molar-refractivity contribution in [1.29, 1.82) is 0 Å². The molecule has 5 nitrogen and oxygen atoms in total. The van der Waals surface area contributed by atoms with Crippen molar-refractivity contribution in [3.8, 4) is 0 Å². The number of rotatable bonds is 4. The number of nitrogens with two attached hydrogens (primary N) is 1. The van der Waals surface area contributed by atoms with Gasteiger partial charge >= 0.3 is 0 Å². The summed E-state index contributed by atoms with van der Waals surface area (Å²) in [5.41, 5.74) is 5.05. The molecule has 0 bridgehead atoms. The molecule has 0 spiro atoms. The molecular formula is C11H11ClFN3O2S2. The molecule has 1 aromatic heterocycles. The summed E-state index contributed by atoms with van der Waals surface area (Å²) < 4.78 is 40.2. The lowest BCUT2D eigenvalue weighted by atomic mass is 10.3. The van der Waals surface area contributed by atoms with Gasteiger partial charge in [0.2, 0.25) is 10.0 Å². The van der Waals surface area contributed by atoms with Crippen LogP contribution in [0.4, 0.5) is 10.1 Å². The van der Waals surface area contributed by atoms with E-state index in [2.05, 4.69) is 9.71 Å². The van der Waals surface area contributed by atoms with Crippen LogP contribution in [-0.4, -0.2) is 13.4 Å². The number of aryl methyl sites for hydroxylation is 1. The van der Waals surface area contributed by atoms with E-state index < -0.39 is 20.7 Å². The highest BCUT2D eigenvalue weighted by molar-refractivity contribution is 7.89. The second kappa shape index (κ2) is 5.65. The van der Waals surface area contributed by atoms with Crippen LogP contribution in [0.5, 0.6) is 0 Å². The molecule has 0 aliphatic rings. The molecule has 1 aromatic carbocycles. The topological polar surface area (TPSA) is 85.1 Å². The summed E-state index contributed by atoms with van der Waals surface area (Å²) in [4.78, 5) is 4.40. The minimum Gasteiger partial charge on any atom is -0.396 e. The Kier molecular flexibility index (Phi) is 4.28. The average molecular weight is 336 g/mol. The number of halogens is 2. The van der Waals surface area contributed by atoms with Crippen LogP contribution in [0, 0.1) is 12.7 Å². The minimum absolute atomic E-state index is 0.0211. The fourth-order valence-electron chi connectivity index (χ4n) is 1.50. The summed E-state index contributed by atoms with van der Waals surface area (Å²) >= 11 is 7.05. The van der Waals surface area contributed by atoms with Gasteiger partial charge in [-0.15, -0.1) is 11.3 Å². The van der Waals surface area contributed by atoms with Crippen LogP contribution >= 0.6 is 22.9 Å². The Morgan fingerprint density at radius 2 is 2.20 bits per heavy atom. The lowest BCUT2D eigenvalue weighted by Crippen LogP contribution is -2.24. The van der Waals surface area contributed by atoms with Gasteiger partial charge in [-0.25, -0.2) is 22.5 Å². The Morgan fingerprint density at radius 1 is 1.50 bits per heavy atom. The average Bonchev–Trinajstić information content (AvgIpc) is 2.77. The van der Waals surface area contributed by atoms with E-state index in [1.807, 2.05) is 6.92 Å². The number of hydrogen-bond acceptors (Lipinski definition) is 5. The van der Waals surface area contributed by atoms with Crippen LogP contribution in [0.2, 0.25) is 5.02 Å². The normalized spacial score (nSPS) is 11.8. The molecule has 0 radical (unpaired) electrons. The fourth-order valence-corrected chi connectivity index (χ4v) is 3.73. The SMILES string of the molecule is Cc1cnc(CNS(=O)(=O)c2cc(Cl)cc(N)c2F)s1. The zero-order chi connectivity index (χ0) is 14.9. The third kappa shape index (κ3) is 3.26. The van der Waals surface area contributed by atoms with Gasteiger partial charge in [0.05, 0.1) is 12.2 Å². The van der Waals surface area contributed by atoms with Gasteiger partial charge < -0.3 is 5.73 Å². The first kappa shape index (κ1) is 15.2. The summed E-state index contributed by atoms with van der Waals surface area (Å²) in [6.07, 6.45) is 1.63. The van der Waals surface area contributed by atoms with Crippen LogP contribution in [0.25, 0.3) is 0 Å². The van der Waals surface area contributed by atoms with E-state index >= 15 is 0 Å². The van der Waals surface area contributed by atoms with Crippen molar-refractivity contribution in [3.63, 3.8) is 0 Å². The van der Waals surface area contributed by atoms with E-state index in [0.29, 0.717) is 5.01 Å². The maximum absolute atomic E-state index is 13.8. The predicted octanol–water partition coefficient (Wildman–Crippen LogP) is 2.30. The number of benzene rings is 1. The largest absolute Gasteiger partial charge is 0.396 e. The highest BCUT2D eigenvalue weighted by Gasteiger charge is 2.22. The second-order valence-electron chi connectivity index (χ2n) is 4.00. The quantitative estimate of drug-likeness (QED) is 0.840. The van der Waals surface area contributed by atoms with Crippen LogP contribution in [-0.2, 0) is 16.6 Å². The molecule has 9 heteroatoms. The number of nitrogen functional groups attached to an aromatic ring is 1. The van der Waals surface area contributed by atoms with Crippen molar-refractivity contribution in [2.45, 2.75) is 18.4 Å². The molecule has 0 aliphatic carbocycles. The number of nitrogens with zero attached hydrogens (tertiary/aromatic N) is 1. The highest BCUT2D eigenvalue weighted by atomic mass is 35.5. The first-order chi connectivity index (χ1) is 9.29. The van der Waals surface area contributed by atoms with Crippen molar-refractivity contribution in [1.82, 2.24) is 9.71 Å². The second-order valence-corrected chi connectivity index (χ2v) is 7.49. The first-order valence-electron chi connectivity index (χ1n) is 5.45. The number of sulfonamides is 1. The molecule has 0 saturated heterocycles. The van der Waals surface area contributed by atoms with Gasteiger partial charge in [0.15, 0.2) is 5.82 Å². The summed E-state index contributed by atoms with van der Waals surface area (Å²) in [5.74, 6) is -1.02. The predicted molar refractivity (Wildman–Crippen MR) is 76.7 cm³/mol. The monoisotopic (exact) mass is 335 g/mol. The first-order valence-corrected chi connectivity index (χ1v) is 8.13. The molecule has 20 heavy (non-hydrogen) atoms. The van der Waals surface area contributed by atoms with Gasteiger partial charge in [-0.2, -0.15) is 0 Å². The lowest BCUT2D eigenvalue weighted by molar-refractivity contribution is 0.558. The number of aromatic nitrogens is 1. The number of thiazole rings is 1. The van der Waals surface area contributed by atoms with Gasteiger partial charge in [-0.1, -0.05) is 11.6 Å². The van der Waals surface area contributed by atoms with Crippen molar-refractivity contribution in [2.75, 3.05) is 5.73 Å². The standard InChI is InChI=1S/C11H11ClFN3O2S2/c1-6-4-15-10(19-6)5-16-20(17,18)9-3-7(12)2-8(14)11(9)13/h2-4,16H,5,14H2,1H3. The molecule has 3 N–H and O–H groups in total. The van der Waals surface area contributed by atoms with Crippen molar-refractivity contribution >= 4 is 38.6 Å². The Labute approximate surface area is 124 Å². The summed E-state index contributed by atoms with van der Waals surface area (Å²) in [6.45, 7) is 1.83. The van der Waals surface area contributed by atoms with Crippen molar-refractivity contribution in [3.05, 3.63) is 39.1 Å². The Balaban J connectivity index is 2.27. The summed E-state index contributed by atoms with van der Waals surface area (Å²) in [7, 11) is -4.05. The summed E-state index contributed by atoms with van der Waals surface area (Å²) in [5, 5.41) is 0.635. The summed E-state index contributed by atoms with van der Waals surface area (Å²) in [6, 6.07) is 2.17. The zero-order valence-corrected chi connectivity index (χ0v) is 12.7. The molecule has 2 rings (SSSR count). The van der Waals surface area contributed by atoms with E-state index in [9.17, 15) is 12.8 Å². The smallest absolute Gasteiger partial charge is 0.244 e. The molecule has 0 amide bonds. The molecular weight excluding hydrogens is 325 g/mol. The van der Waals surface area contributed by atoms with Crippen LogP contribution in [0.3, 0.4) is 0 Å². The van der Waals surface area contributed by atoms with Gasteiger partial charge in [0.1, 0.15) is 9.90 Å². The lowest BCUT2D eigenvalue weighted by Gasteiger charge is -2.08. The van der Waals surface area contributed by atoms with E-state index in [-0.39, 0.29) is 17.3 Å². The molecule has 1 heterocycles. The third-order valence-corrected chi connectivity index (χ3v) is 4.94. The molecule has 108 valence electrons. The number of nitrogens with one attached hydrogen (secondary N) is 1. The van der Waals surface area contributed by atoms with Gasteiger partial charge in [-0.3, -0.25) is 0 Å². The molecule has 0 aliphatic heterocycles. The third-order valence-electron chi connectivity index (χ3n) is 2.40. The molecule has 0 fully saturated rings. The Hall–Kier alpha value is -1.22. The zero-order valence-electron chi connectivity index (χ0n) is 10.4. The number of anilines is 1. The van der Waals surface area contributed by atoms with Gasteiger partial charge in [0, 0.05) is 16.1 Å². The maximum Gasteiger partial charge on any atom is 0.244 e. The molecule has 0 atom stereocenters. The van der Waals surface area contributed by atoms with Gasteiger partial charge in [0.25, 0.3) is 0 Å². The molecule has 2 aromatic rings. The van der Waals surface area contributed by atoms with E-state index in [1.54, 1.807) is 6.20 Å². The maximum atomic E-state index is 13.8. The molecule has 0 unspecified atom stereocenters.